The third kappa shape index (κ3) is 4.75. The molecule has 0 N–H and O–H groups in total. The maximum absolute atomic E-state index is 12.8. The fourth-order valence-electron chi connectivity index (χ4n) is 3.07. The molecule has 0 atom stereocenters. The summed E-state index contributed by atoms with van der Waals surface area (Å²) in [7, 11) is -2.12. The van der Waals surface area contributed by atoms with Gasteiger partial charge in [0.15, 0.2) is 0 Å². The number of ether oxygens (including phenoxy) is 2. The number of hydrogen-bond donors (Lipinski definition) is 0. The first kappa shape index (κ1) is 20.8. The van der Waals surface area contributed by atoms with Crippen LogP contribution in [0.5, 0.6) is 11.5 Å². The van der Waals surface area contributed by atoms with Gasteiger partial charge in [0.25, 0.3) is 5.91 Å². The van der Waals surface area contributed by atoms with Crippen molar-refractivity contribution in [3.8, 4) is 11.5 Å². The Balaban J connectivity index is 1.66. The predicted octanol–water partition coefficient (Wildman–Crippen LogP) is 1.77. The SMILES string of the molecule is COc1ccc(S(=O)(=O)N2CCN(C(=O)c3cccc(OC(C)=O)c3)CC2)cc1. The number of amides is 1. The van der Waals surface area contributed by atoms with Gasteiger partial charge in [0.05, 0.1) is 12.0 Å². The molecule has 2 aromatic carbocycles. The van der Waals surface area contributed by atoms with Crippen LogP contribution in [-0.4, -0.2) is 62.8 Å². The van der Waals surface area contributed by atoms with Gasteiger partial charge in [-0.25, -0.2) is 8.42 Å². The lowest BCUT2D eigenvalue weighted by molar-refractivity contribution is -0.131. The molecule has 2 aromatic rings. The molecular weight excluding hydrogens is 396 g/mol. The summed E-state index contributed by atoms with van der Waals surface area (Å²) in [5, 5.41) is 0. The van der Waals surface area contributed by atoms with Crippen molar-refractivity contribution in [2.45, 2.75) is 11.8 Å². The van der Waals surface area contributed by atoms with E-state index in [-0.39, 0.29) is 37.0 Å². The summed E-state index contributed by atoms with van der Waals surface area (Å²) in [5.74, 6) is 0.173. The quantitative estimate of drug-likeness (QED) is 0.543. The largest absolute Gasteiger partial charge is 0.497 e. The molecule has 0 spiro atoms. The van der Waals surface area contributed by atoms with Crippen molar-refractivity contribution in [3.05, 3.63) is 54.1 Å². The first-order valence-electron chi connectivity index (χ1n) is 9.03. The molecule has 0 saturated carbocycles. The Morgan fingerprint density at radius 1 is 0.931 bits per heavy atom. The highest BCUT2D eigenvalue weighted by atomic mass is 32.2. The van der Waals surface area contributed by atoms with Crippen LogP contribution in [-0.2, 0) is 14.8 Å². The Morgan fingerprint density at radius 2 is 1.59 bits per heavy atom. The molecule has 0 radical (unpaired) electrons. The summed E-state index contributed by atoms with van der Waals surface area (Å²) in [6.07, 6.45) is 0. The van der Waals surface area contributed by atoms with E-state index in [9.17, 15) is 18.0 Å². The smallest absolute Gasteiger partial charge is 0.308 e. The fraction of sp³-hybridized carbons (Fsp3) is 0.300. The maximum Gasteiger partial charge on any atom is 0.308 e. The van der Waals surface area contributed by atoms with E-state index < -0.39 is 16.0 Å². The van der Waals surface area contributed by atoms with Crippen LogP contribution in [0.1, 0.15) is 17.3 Å². The minimum atomic E-state index is -3.64. The molecular formula is C20H22N2O6S. The highest BCUT2D eigenvalue weighted by Crippen LogP contribution is 2.22. The van der Waals surface area contributed by atoms with Crippen LogP contribution < -0.4 is 9.47 Å². The van der Waals surface area contributed by atoms with Gasteiger partial charge < -0.3 is 14.4 Å². The minimum Gasteiger partial charge on any atom is -0.497 e. The number of methoxy groups -OCH3 is 1. The number of carbonyl (C=O) groups excluding carboxylic acids is 2. The van der Waals surface area contributed by atoms with Crippen molar-refractivity contribution in [1.29, 1.82) is 0 Å². The Labute approximate surface area is 169 Å². The molecule has 3 rings (SSSR count). The molecule has 154 valence electrons. The summed E-state index contributed by atoms with van der Waals surface area (Å²) in [6, 6.07) is 12.6. The molecule has 1 aliphatic rings. The van der Waals surface area contributed by atoms with E-state index in [2.05, 4.69) is 0 Å². The second-order valence-corrected chi connectivity index (χ2v) is 8.43. The van der Waals surface area contributed by atoms with E-state index in [0.717, 1.165) is 0 Å². The second kappa shape index (κ2) is 8.62. The molecule has 9 heteroatoms. The average molecular weight is 418 g/mol. The van der Waals surface area contributed by atoms with Gasteiger partial charge in [-0.05, 0) is 42.5 Å². The molecule has 0 bridgehead atoms. The van der Waals surface area contributed by atoms with Gasteiger partial charge in [-0.2, -0.15) is 4.31 Å². The van der Waals surface area contributed by atoms with Gasteiger partial charge in [0.1, 0.15) is 11.5 Å². The van der Waals surface area contributed by atoms with Crippen molar-refractivity contribution in [2.75, 3.05) is 33.3 Å². The molecule has 1 fully saturated rings. The van der Waals surface area contributed by atoms with Gasteiger partial charge in [-0.1, -0.05) is 6.07 Å². The molecule has 0 unspecified atom stereocenters. The van der Waals surface area contributed by atoms with Gasteiger partial charge >= 0.3 is 5.97 Å². The molecule has 1 heterocycles. The van der Waals surface area contributed by atoms with Crippen molar-refractivity contribution in [2.24, 2.45) is 0 Å². The third-order valence-corrected chi connectivity index (χ3v) is 6.48. The Kier molecular flexibility index (Phi) is 6.19. The van der Waals surface area contributed by atoms with Crippen LogP contribution in [0.25, 0.3) is 0 Å². The van der Waals surface area contributed by atoms with Crippen LogP contribution in [0.3, 0.4) is 0 Å². The lowest BCUT2D eigenvalue weighted by Gasteiger charge is -2.34. The first-order chi connectivity index (χ1) is 13.8. The normalized spacial score (nSPS) is 15.0. The molecule has 8 nitrogen and oxygen atoms in total. The van der Waals surface area contributed by atoms with Crippen molar-refractivity contribution in [3.63, 3.8) is 0 Å². The molecule has 0 aromatic heterocycles. The number of esters is 1. The zero-order chi connectivity index (χ0) is 21.0. The number of carbonyl (C=O) groups is 2. The highest BCUT2D eigenvalue weighted by molar-refractivity contribution is 7.89. The Hall–Kier alpha value is -2.91. The molecule has 0 aliphatic carbocycles. The Bertz CT molecular complexity index is 996. The highest BCUT2D eigenvalue weighted by Gasteiger charge is 2.30. The van der Waals surface area contributed by atoms with Crippen molar-refractivity contribution < 1.29 is 27.5 Å². The number of hydrogen-bond acceptors (Lipinski definition) is 6. The topological polar surface area (TPSA) is 93.2 Å². The van der Waals surface area contributed by atoms with E-state index in [0.29, 0.717) is 17.1 Å². The van der Waals surface area contributed by atoms with Gasteiger partial charge in [0.2, 0.25) is 10.0 Å². The average Bonchev–Trinajstić information content (AvgIpc) is 2.73. The van der Waals surface area contributed by atoms with Crippen molar-refractivity contribution in [1.82, 2.24) is 9.21 Å². The summed E-state index contributed by atoms with van der Waals surface area (Å²) in [6.45, 7) is 2.22. The zero-order valence-corrected chi connectivity index (χ0v) is 17.0. The summed E-state index contributed by atoms with van der Waals surface area (Å²) >= 11 is 0. The summed E-state index contributed by atoms with van der Waals surface area (Å²) in [5.41, 5.74) is 0.384. The van der Waals surface area contributed by atoms with Crippen molar-refractivity contribution >= 4 is 21.9 Å². The van der Waals surface area contributed by atoms with Crippen LogP contribution in [0, 0.1) is 0 Å². The summed E-state index contributed by atoms with van der Waals surface area (Å²) in [4.78, 5) is 25.6. The van der Waals surface area contributed by atoms with E-state index in [1.807, 2.05) is 0 Å². The third-order valence-electron chi connectivity index (χ3n) is 4.57. The standard InChI is InChI=1S/C20H22N2O6S/c1-15(23)28-18-5-3-4-16(14-18)20(24)21-10-12-22(13-11-21)29(25,26)19-8-6-17(27-2)7-9-19/h3-9,14H,10-13H2,1-2H3. The van der Waals surface area contributed by atoms with Gasteiger partial charge in [0, 0.05) is 38.7 Å². The first-order valence-corrected chi connectivity index (χ1v) is 10.5. The van der Waals surface area contributed by atoms with Gasteiger partial charge in [-0.3, -0.25) is 9.59 Å². The van der Waals surface area contributed by atoms with Gasteiger partial charge in [-0.15, -0.1) is 0 Å². The molecule has 1 amide bonds. The summed E-state index contributed by atoms with van der Waals surface area (Å²) < 4.78 is 37.1. The molecule has 29 heavy (non-hydrogen) atoms. The monoisotopic (exact) mass is 418 g/mol. The number of rotatable bonds is 5. The molecule has 1 aliphatic heterocycles. The van der Waals surface area contributed by atoms with E-state index >= 15 is 0 Å². The van der Waals surface area contributed by atoms with Crippen LogP contribution in [0.4, 0.5) is 0 Å². The van der Waals surface area contributed by atoms with Crippen LogP contribution >= 0.6 is 0 Å². The Morgan fingerprint density at radius 3 is 2.17 bits per heavy atom. The lowest BCUT2D eigenvalue weighted by Crippen LogP contribution is -2.50. The number of piperazine rings is 1. The minimum absolute atomic E-state index is 0.187. The van der Waals surface area contributed by atoms with E-state index in [4.69, 9.17) is 9.47 Å². The number of nitrogens with zero attached hydrogens (tertiary/aromatic N) is 2. The number of sulfonamides is 1. The lowest BCUT2D eigenvalue weighted by atomic mass is 10.1. The zero-order valence-electron chi connectivity index (χ0n) is 16.2. The molecule has 1 saturated heterocycles. The maximum atomic E-state index is 12.8. The number of benzene rings is 2. The van der Waals surface area contributed by atoms with Crippen LogP contribution in [0.15, 0.2) is 53.4 Å². The second-order valence-electron chi connectivity index (χ2n) is 6.49. The van der Waals surface area contributed by atoms with Crippen LogP contribution in [0.2, 0.25) is 0 Å². The predicted molar refractivity (Wildman–Crippen MR) is 105 cm³/mol. The van der Waals surface area contributed by atoms with E-state index in [1.165, 1.54) is 36.5 Å². The fourth-order valence-corrected chi connectivity index (χ4v) is 4.49. The van der Waals surface area contributed by atoms with E-state index in [1.54, 1.807) is 35.2 Å².